The van der Waals surface area contributed by atoms with Crippen LogP contribution in [0.4, 0.5) is 11.6 Å². The fourth-order valence-corrected chi connectivity index (χ4v) is 5.54. The monoisotopic (exact) mass is 537 g/mol. The molecule has 1 saturated heterocycles. The Morgan fingerprint density at radius 3 is 2.70 bits per heavy atom. The van der Waals surface area contributed by atoms with Crippen LogP contribution in [-0.4, -0.2) is 78.4 Å². The SMILES string of the molecule is COc1nc(N)nc2c1ncn2[C@@H]1O[C@H](COP(=O)(Nc2ccccc2)NC(C)C(=O)O)[C@@H](O)[C@@]1(C)O. The van der Waals surface area contributed by atoms with E-state index in [0.717, 1.165) is 0 Å². The van der Waals surface area contributed by atoms with Crippen molar-refractivity contribution >= 4 is 36.4 Å². The molecule has 1 fully saturated rings. The molecule has 1 aromatic carbocycles. The molecule has 0 bridgehead atoms. The van der Waals surface area contributed by atoms with Crippen molar-refractivity contribution in [3.05, 3.63) is 36.7 Å². The van der Waals surface area contributed by atoms with Gasteiger partial charge in [-0.3, -0.25) is 13.9 Å². The van der Waals surface area contributed by atoms with Gasteiger partial charge < -0.3 is 35.6 Å². The number of methoxy groups -OCH3 is 1. The van der Waals surface area contributed by atoms with Crippen LogP contribution in [0.1, 0.15) is 20.1 Å². The van der Waals surface area contributed by atoms with E-state index in [0.29, 0.717) is 5.69 Å². The topological polar surface area (TPSA) is 216 Å². The Balaban J connectivity index is 1.58. The van der Waals surface area contributed by atoms with Crippen molar-refractivity contribution in [2.24, 2.45) is 0 Å². The van der Waals surface area contributed by atoms with E-state index in [9.17, 15) is 24.7 Å². The summed E-state index contributed by atoms with van der Waals surface area (Å²) in [4.78, 5) is 23.7. The van der Waals surface area contributed by atoms with Crippen LogP contribution in [0.25, 0.3) is 11.2 Å². The number of imidazole rings is 1. The van der Waals surface area contributed by atoms with Gasteiger partial charge in [-0.1, -0.05) is 18.2 Å². The first-order valence-corrected chi connectivity index (χ1v) is 12.8. The lowest BCUT2D eigenvalue weighted by Gasteiger charge is -2.27. The lowest BCUT2D eigenvalue weighted by atomic mass is 9.96. The first-order valence-electron chi connectivity index (χ1n) is 11.1. The van der Waals surface area contributed by atoms with Gasteiger partial charge in [0.15, 0.2) is 17.4 Å². The number of nitrogens with zero attached hydrogens (tertiary/aromatic N) is 4. The predicted molar refractivity (Wildman–Crippen MR) is 131 cm³/mol. The highest BCUT2D eigenvalue weighted by atomic mass is 31.2. The van der Waals surface area contributed by atoms with E-state index in [2.05, 4.69) is 25.1 Å². The molecule has 15 nitrogen and oxygen atoms in total. The van der Waals surface area contributed by atoms with Gasteiger partial charge in [0.25, 0.3) is 0 Å². The molecule has 1 aliphatic heterocycles. The molecule has 2 unspecified atom stereocenters. The van der Waals surface area contributed by atoms with Gasteiger partial charge >= 0.3 is 13.6 Å². The molecule has 200 valence electrons. The lowest BCUT2D eigenvalue weighted by Crippen LogP contribution is -2.44. The van der Waals surface area contributed by atoms with Crippen LogP contribution < -0.4 is 20.6 Å². The van der Waals surface area contributed by atoms with Crippen LogP contribution in [0, 0.1) is 0 Å². The molecular weight excluding hydrogens is 509 g/mol. The second kappa shape index (κ2) is 10.2. The molecule has 0 spiro atoms. The molecule has 0 aliphatic carbocycles. The lowest BCUT2D eigenvalue weighted by molar-refractivity contribution is -0.138. The Bertz CT molecular complexity index is 1320. The van der Waals surface area contributed by atoms with E-state index < -0.39 is 50.3 Å². The summed E-state index contributed by atoms with van der Waals surface area (Å²) in [5.74, 6) is -1.23. The van der Waals surface area contributed by atoms with Gasteiger partial charge in [-0.15, -0.1) is 0 Å². The summed E-state index contributed by atoms with van der Waals surface area (Å²) in [5, 5.41) is 36.4. The highest BCUT2D eigenvalue weighted by Gasteiger charge is 2.54. The number of fused-ring (bicyclic) bond motifs is 1. The molecule has 3 aromatic rings. The third kappa shape index (κ3) is 5.37. The maximum Gasteiger partial charge on any atom is 0.366 e. The molecular formula is C21H28N7O8P. The molecule has 3 heterocycles. The number of ether oxygens (including phenoxy) is 2. The summed E-state index contributed by atoms with van der Waals surface area (Å²) in [6.45, 7) is 2.18. The Kier molecular flexibility index (Phi) is 7.37. The number of nitrogen functional groups attached to an aromatic ring is 1. The zero-order chi connectivity index (χ0) is 27.0. The molecule has 0 radical (unpaired) electrons. The predicted octanol–water partition coefficient (Wildman–Crippen LogP) is 0.726. The number of anilines is 2. The number of aromatic nitrogens is 4. The minimum absolute atomic E-state index is 0.101. The quantitative estimate of drug-likeness (QED) is 0.197. The van der Waals surface area contributed by atoms with Crippen molar-refractivity contribution < 1.29 is 38.7 Å². The first-order chi connectivity index (χ1) is 17.4. The van der Waals surface area contributed by atoms with Crippen molar-refractivity contribution in [2.75, 3.05) is 24.5 Å². The van der Waals surface area contributed by atoms with Gasteiger partial charge in [-0.25, -0.2) is 14.6 Å². The van der Waals surface area contributed by atoms with Gasteiger partial charge in [0.05, 0.1) is 20.0 Å². The number of rotatable bonds is 10. The van der Waals surface area contributed by atoms with E-state index in [1.807, 2.05) is 0 Å². The van der Waals surface area contributed by atoms with E-state index in [1.54, 1.807) is 30.3 Å². The summed E-state index contributed by atoms with van der Waals surface area (Å²) in [6, 6.07) is 7.15. The van der Waals surface area contributed by atoms with Crippen LogP contribution in [0.5, 0.6) is 5.88 Å². The Morgan fingerprint density at radius 2 is 2.05 bits per heavy atom. The van der Waals surface area contributed by atoms with E-state index in [-0.39, 0.29) is 23.0 Å². The number of carbonyl (C=O) groups is 1. The number of benzene rings is 1. The van der Waals surface area contributed by atoms with Gasteiger partial charge in [0.2, 0.25) is 11.8 Å². The Hall–Kier alpha value is -3.33. The van der Waals surface area contributed by atoms with Crippen LogP contribution in [0.15, 0.2) is 36.7 Å². The molecule has 0 amide bonds. The van der Waals surface area contributed by atoms with Crippen molar-refractivity contribution in [3.8, 4) is 5.88 Å². The minimum atomic E-state index is -4.03. The number of hydrogen-bond acceptors (Lipinski definition) is 11. The largest absolute Gasteiger partial charge is 0.480 e. The zero-order valence-electron chi connectivity index (χ0n) is 20.2. The second-order valence-electron chi connectivity index (χ2n) is 8.63. The number of hydrogen-bond donors (Lipinski definition) is 6. The van der Waals surface area contributed by atoms with Crippen LogP contribution >= 0.6 is 7.67 Å². The number of nitrogens with two attached hydrogens (primary N) is 1. The molecule has 37 heavy (non-hydrogen) atoms. The Morgan fingerprint density at radius 1 is 1.35 bits per heavy atom. The van der Waals surface area contributed by atoms with Crippen LogP contribution in [-0.2, 0) is 18.6 Å². The number of para-hydroxylation sites is 1. The molecule has 2 aromatic heterocycles. The molecule has 4 rings (SSSR count). The second-order valence-corrected chi connectivity index (χ2v) is 10.5. The summed E-state index contributed by atoms with van der Waals surface area (Å²) in [6.07, 6.45) is -2.55. The third-order valence-corrected chi connectivity index (χ3v) is 7.60. The molecule has 6 atom stereocenters. The maximum atomic E-state index is 13.5. The normalized spacial score (nSPS) is 26.0. The highest BCUT2D eigenvalue weighted by molar-refractivity contribution is 7.58. The minimum Gasteiger partial charge on any atom is -0.480 e. The van der Waals surface area contributed by atoms with E-state index >= 15 is 0 Å². The smallest absolute Gasteiger partial charge is 0.366 e. The van der Waals surface area contributed by atoms with Gasteiger partial charge in [0, 0.05) is 5.69 Å². The Labute approximate surface area is 211 Å². The van der Waals surface area contributed by atoms with E-state index in [1.165, 1.54) is 31.9 Å². The number of aliphatic hydroxyl groups is 2. The summed E-state index contributed by atoms with van der Waals surface area (Å²) < 4.78 is 31.6. The number of carboxylic acid groups (broad SMARTS) is 1. The van der Waals surface area contributed by atoms with Crippen molar-refractivity contribution in [2.45, 2.75) is 43.9 Å². The van der Waals surface area contributed by atoms with Gasteiger partial charge in [-0.2, -0.15) is 9.97 Å². The maximum absolute atomic E-state index is 13.5. The molecule has 16 heteroatoms. The highest BCUT2D eigenvalue weighted by Crippen LogP contribution is 2.46. The average molecular weight is 537 g/mol. The van der Waals surface area contributed by atoms with Gasteiger partial charge in [0.1, 0.15) is 23.9 Å². The molecule has 1 aliphatic rings. The summed E-state index contributed by atoms with van der Waals surface area (Å²) in [7, 11) is -2.65. The number of aliphatic carboxylic acids is 1. The van der Waals surface area contributed by atoms with Crippen molar-refractivity contribution in [3.63, 3.8) is 0 Å². The fourth-order valence-electron chi connectivity index (χ4n) is 3.87. The van der Waals surface area contributed by atoms with Crippen LogP contribution in [0.3, 0.4) is 0 Å². The standard InChI is InChI=1S/C21H28N7O8P/c1-11(18(30)31)26-37(33,27-12-7-5-4-6-8-12)35-9-13-15(29)21(2,32)19(36-13)28-10-23-14-16(28)24-20(22)25-17(14)34-3/h4-8,10-11,13,15,19,29,32H,9H2,1-3H3,(H,30,31)(H2,22,24,25)(H2,26,27,33)/t11?,13-,15-,19-,21-,37?/m1/s1. The van der Waals surface area contributed by atoms with Crippen molar-refractivity contribution in [1.29, 1.82) is 0 Å². The zero-order valence-corrected chi connectivity index (χ0v) is 21.1. The first kappa shape index (κ1) is 26.7. The van der Waals surface area contributed by atoms with Crippen molar-refractivity contribution in [1.82, 2.24) is 24.6 Å². The average Bonchev–Trinajstić information content (AvgIpc) is 3.35. The van der Waals surface area contributed by atoms with E-state index in [4.69, 9.17) is 19.7 Å². The number of nitrogens with one attached hydrogen (secondary N) is 2. The fraction of sp³-hybridized carbons (Fsp3) is 0.429. The summed E-state index contributed by atoms with van der Waals surface area (Å²) in [5.41, 5.74) is 4.76. The number of aliphatic hydroxyl groups excluding tert-OH is 1. The number of carboxylic acids is 1. The molecule has 7 N–H and O–H groups in total. The summed E-state index contributed by atoms with van der Waals surface area (Å²) >= 11 is 0. The molecule has 0 saturated carbocycles. The van der Waals surface area contributed by atoms with Crippen LogP contribution in [0.2, 0.25) is 0 Å². The third-order valence-electron chi connectivity index (χ3n) is 5.81. The van der Waals surface area contributed by atoms with Gasteiger partial charge in [-0.05, 0) is 26.0 Å².